The topological polar surface area (TPSA) is 66.9 Å². The summed E-state index contributed by atoms with van der Waals surface area (Å²) in [6.07, 6.45) is 1.22. The largest absolute Gasteiger partial charge is 0.492 e. The van der Waals surface area contributed by atoms with Crippen LogP contribution in [0.2, 0.25) is 0 Å². The lowest BCUT2D eigenvalue weighted by atomic mass is 9.95. The third kappa shape index (κ3) is 4.29. The summed E-state index contributed by atoms with van der Waals surface area (Å²) in [4.78, 5) is 16.5. The average molecular weight is 556 g/mol. The normalized spacial score (nSPS) is 21.7. The molecule has 1 aliphatic heterocycles. The van der Waals surface area contributed by atoms with Gasteiger partial charge in [-0.25, -0.2) is 8.78 Å². The maximum Gasteiger partial charge on any atom is 0.309 e. The minimum Gasteiger partial charge on any atom is -0.492 e. The highest BCUT2D eigenvalue weighted by Gasteiger charge is 2.64. The molecule has 4 aromatic rings. The Morgan fingerprint density at radius 2 is 1.88 bits per heavy atom. The van der Waals surface area contributed by atoms with Crippen LogP contribution in [-0.2, 0) is 21.4 Å². The Balaban J connectivity index is 1.11. The van der Waals surface area contributed by atoms with Crippen molar-refractivity contribution in [1.82, 2.24) is 4.98 Å². The van der Waals surface area contributed by atoms with E-state index in [1.165, 1.54) is 25.3 Å². The van der Waals surface area contributed by atoms with E-state index in [9.17, 15) is 4.79 Å². The molecule has 0 N–H and O–H groups in total. The first-order valence-electron chi connectivity index (χ1n) is 13.6. The molecule has 1 saturated carbocycles. The molecule has 3 aromatic carbocycles. The van der Waals surface area contributed by atoms with Crippen molar-refractivity contribution in [2.45, 2.75) is 37.7 Å². The Hall–Kier alpha value is -4.46. The van der Waals surface area contributed by atoms with Gasteiger partial charge in [-0.2, -0.15) is 0 Å². The van der Waals surface area contributed by atoms with Gasteiger partial charge in [-0.15, -0.1) is 0 Å². The molecule has 0 radical (unpaired) electrons. The molecule has 6 nitrogen and oxygen atoms in total. The standard InChI is InChI=1S/C33H27F2NO5/c1-18-4-3-5-26(36-18)19-6-11-28(25(35)14-19)41-27-13-10-24(34)31-21(27)8-12-29(31)40-20-7-9-22-30(15-20)39-17-33(22)16-23(33)32(37)38-2/h3-7,9-11,13-15,23,29H,8,12,16-17H2,1-2H3. The van der Waals surface area contributed by atoms with Crippen molar-refractivity contribution in [3.8, 4) is 34.3 Å². The monoisotopic (exact) mass is 555 g/mol. The van der Waals surface area contributed by atoms with Crippen LogP contribution in [0.15, 0.2) is 66.7 Å². The van der Waals surface area contributed by atoms with Gasteiger partial charge in [-0.1, -0.05) is 12.1 Å². The molecule has 3 unspecified atom stereocenters. The molecule has 0 amide bonds. The molecule has 0 bridgehead atoms. The number of ether oxygens (including phenoxy) is 4. The highest BCUT2D eigenvalue weighted by Crippen LogP contribution is 2.61. The molecule has 1 fully saturated rings. The van der Waals surface area contributed by atoms with Gasteiger partial charge in [0.25, 0.3) is 0 Å². The molecule has 1 aromatic heterocycles. The van der Waals surface area contributed by atoms with Gasteiger partial charge >= 0.3 is 5.97 Å². The first-order valence-corrected chi connectivity index (χ1v) is 13.6. The maximum atomic E-state index is 15.1. The quantitative estimate of drug-likeness (QED) is 0.238. The lowest BCUT2D eigenvalue weighted by Crippen LogP contribution is -2.17. The number of rotatable bonds is 6. The van der Waals surface area contributed by atoms with Crippen LogP contribution >= 0.6 is 0 Å². The van der Waals surface area contributed by atoms with Gasteiger partial charge in [0.15, 0.2) is 11.6 Å². The summed E-state index contributed by atoms with van der Waals surface area (Å²) in [5, 5.41) is 0. The Morgan fingerprint density at radius 3 is 2.68 bits per heavy atom. The second-order valence-electron chi connectivity index (χ2n) is 10.9. The summed E-state index contributed by atoms with van der Waals surface area (Å²) in [6.45, 7) is 2.30. The summed E-state index contributed by atoms with van der Waals surface area (Å²) < 4.78 is 53.3. The zero-order valence-electron chi connectivity index (χ0n) is 22.6. The van der Waals surface area contributed by atoms with Crippen molar-refractivity contribution in [2.24, 2.45) is 5.92 Å². The van der Waals surface area contributed by atoms with Crippen molar-refractivity contribution in [2.75, 3.05) is 13.7 Å². The Morgan fingerprint density at radius 1 is 1.02 bits per heavy atom. The number of nitrogens with zero attached hydrogens (tertiary/aromatic N) is 1. The molecule has 2 heterocycles. The average Bonchev–Trinajstić information content (AvgIpc) is 3.37. The minimum atomic E-state index is -0.537. The van der Waals surface area contributed by atoms with Crippen LogP contribution in [-0.4, -0.2) is 24.7 Å². The van der Waals surface area contributed by atoms with Crippen molar-refractivity contribution in [1.29, 1.82) is 0 Å². The fourth-order valence-electron chi connectivity index (χ4n) is 6.19. The first-order chi connectivity index (χ1) is 19.9. The van der Waals surface area contributed by atoms with Crippen LogP contribution in [0.3, 0.4) is 0 Å². The number of methoxy groups -OCH3 is 1. The summed E-state index contributed by atoms with van der Waals surface area (Å²) in [6, 6.07) is 18.7. The summed E-state index contributed by atoms with van der Waals surface area (Å²) in [5.41, 5.74) is 3.87. The number of aromatic nitrogens is 1. The number of benzene rings is 3. The van der Waals surface area contributed by atoms with Crippen LogP contribution < -0.4 is 14.2 Å². The molecule has 41 heavy (non-hydrogen) atoms. The van der Waals surface area contributed by atoms with E-state index < -0.39 is 17.7 Å². The molecular weight excluding hydrogens is 528 g/mol. The predicted octanol–water partition coefficient (Wildman–Crippen LogP) is 7.02. The third-order valence-corrected chi connectivity index (χ3v) is 8.39. The van der Waals surface area contributed by atoms with Crippen LogP contribution in [0.5, 0.6) is 23.0 Å². The van der Waals surface area contributed by atoms with E-state index in [1.807, 2.05) is 37.3 Å². The lowest BCUT2D eigenvalue weighted by Gasteiger charge is -2.17. The van der Waals surface area contributed by atoms with Gasteiger partial charge in [-0.3, -0.25) is 9.78 Å². The van der Waals surface area contributed by atoms with Crippen molar-refractivity contribution in [3.63, 3.8) is 0 Å². The zero-order chi connectivity index (χ0) is 28.3. The van der Waals surface area contributed by atoms with E-state index >= 15 is 8.78 Å². The summed E-state index contributed by atoms with van der Waals surface area (Å²) >= 11 is 0. The molecule has 3 atom stereocenters. The van der Waals surface area contributed by atoms with E-state index in [0.717, 1.165) is 11.3 Å². The number of carbonyl (C=O) groups is 1. The summed E-state index contributed by atoms with van der Waals surface area (Å²) in [7, 11) is 1.40. The SMILES string of the molecule is COC(=O)C1CC12COc1cc(OC3CCc4c(Oc5ccc(-c6cccc(C)n6)cc5F)ccc(F)c43)ccc12. The highest BCUT2D eigenvalue weighted by atomic mass is 19.1. The number of pyridine rings is 1. The zero-order valence-corrected chi connectivity index (χ0v) is 22.6. The Labute approximate surface area is 235 Å². The van der Waals surface area contributed by atoms with Crippen LogP contribution in [0.1, 0.15) is 41.3 Å². The highest BCUT2D eigenvalue weighted by molar-refractivity contribution is 5.80. The fraction of sp³-hybridized carbons (Fsp3) is 0.273. The molecular formula is C33H27F2NO5. The second kappa shape index (κ2) is 9.58. The Kier molecular flexibility index (Phi) is 5.96. The Bertz CT molecular complexity index is 1710. The molecule has 208 valence electrons. The van der Waals surface area contributed by atoms with E-state index in [0.29, 0.717) is 65.5 Å². The van der Waals surface area contributed by atoms with Crippen molar-refractivity contribution >= 4 is 5.97 Å². The number of fused-ring (bicyclic) bond motifs is 3. The van der Waals surface area contributed by atoms with Gasteiger partial charge in [0.05, 0.1) is 25.3 Å². The van der Waals surface area contributed by atoms with E-state index in [1.54, 1.807) is 18.2 Å². The second-order valence-corrected chi connectivity index (χ2v) is 10.9. The number of hydrogen-bond donors (Lipinski definition) is 0. The number of carbonyl (C=O) groups excluding carboxylic acids is 1. The summed E-state index contributed by atoms with van der Waals surface area (Å²) in [5.74, 6) is 0.314. The van der Waals surface area contributed by atoms with E-state index in [4.69, 9.17) is 18.9 Å². The van der Waals surface area contributed by atoms with Crippen LogP contribution in [0.4, 0.5) is 8.78 Å². The smallest absolute Gasteiger partial charge is 0.309 e. The van der Waals surface area contributed by atoms with Gasteiger partial charge in [0, 0.05) is 39.4 Å². The van der Waals surface area contributed by atoms with E-state index in [2.05, 4.69) is 4.98 Å². The molecule has 1 spiro atoms. The third-order valence-electron chi connectivity index (χ3n) is 8.39. The number of hydrogen-bond acceptors (Lipinski definition) is 6. The molecule has 0 saturated heterocycles. The molecule has 7 rings (SSSR count). The van der Waals surface area contributed by atoms with E-state index in [-0.39, 0.29) is 23.1 Å². The van der Waals surface area contributed by atoms with Crippen molar-refractivity contribution in [3.05, 3.63) is 101 Å². The van der Waals surface area contributed by atoms with Gasteiger partial charge < -0.3 is 18.9 Å². The van der Waals surface area contributed by atoms with Gasteiger partial charge in [0.1, 0.15) is 29.2 Å². The van der Waals surface area contributed by atoms with Crippen LogP contribution in [0, 0.1) is 24.5 Å². The molecule has 2 aliphatic carbocycles. The van der Waals surface area contributed by atoms with Crippen molar-refractivity contribution < 1.29 is 32.5 Å². The number of aryl methyl sites for hydroxylation is 1. The minimum absolute atomic E-state index is 0.0506. The van der Waals surface area contributed by atoms with Gasteiger partial charge in [-0.05, 0) is 74.7 Å². The first kappa shape index (κ1) is 25.5. The lowest BCUT2D eigenvalue weighted by molar-refractivity contribution is -0.142. The van der Waals surface area contributed by atoms with Crippen LogP contribution in [0.25, 0.3) is 11.3 Å². The molecule has 3 aliphatic rings. The predicted molar refractivity (Wildman–Crippen MR) is 146 cm³/mol. The van der Waals surface area contributed by atoms with Gasteiger partial charge in [0.2, 0.25) is 0 Å². The number of esters is 1. The fourth-order valence-corrected chi connectivity index (χ4v) is 6.19. The number of halogens is 2. The molecule has 8 heteroatoms. The maximum absolute atomic E-state index is 15.1.